The first-order valence-electron chi connectivity index (χ1n) is 5.77. The zero-order chi connectivity index (χ0) is 13.4. The average molecular weight is 251 g/mol. The van der Waals surface area contributed by atoms with E-state index in [9.17, 15) is 9.59 Å². The van der Waals surface area contributed by atoms with Crippen molar-refractivity contribution in [2.75, 3.05) is 6.54 Å². The Morgan fingerprint density at radius 3 is 2.83 bits per heavy atom. The van der Waals surface area contributed by atoms with E-state index in [1.165, 1.54) is 12.3 Å². The molecular formula is C12H17N3O3. The van der Waals surface area contributed by atoms with Crippen molar-refractivity contribution >= 4 is 17.5 Å². The lowest BCUT2D eigenvalue weighted by atomic mass is 10.3. The number of hydrogen-bond donors (Lipinski definition) is 2. The van der Waals surface area contributed by atoms with Crippen LogP contribution in [0, 0.1) is 0 Å². The van der Waals surface area contributed by atoms with Gasteiger partial charge >= 0.3 is 5.91 Å². The lowest BCUT2D eigenvalue weighted by Gasteiger charge is -2.03. The second-order valence-electron chi connectivity index (χ2n) is 3.79. The predicted octanol–water partition coefficient (Wildman–Crippen LogP) is 1.30. The molecule has 2 amide bonds. The largest absolute Gasteiger partial charge is 0.459 e. The molecule has 1 rings (SSSR count). The van der Waals surface area contributed by atoms with Crippen molar-refractivity contribution in [3.63, 3.8) is 0 Å². The van der Waals surface area contributed by atoms with Gasteiger partial charge in [0.05, 0.1) is 12.7 Å². The molecule has 6 heteroatoms. The fourth-order valence-electron chi connectivity index (χ4n) is 1.21. The SMILES string of the molecule is CCCNC(=O)C/C(C)=N\NC(=O)c1ccco1. The molecule has 0 radical (unpaired) electrons. The first-order chi connectivity index (χ1) is 8.63. The molecule has 0 bridgehead atoms. The molecule has 1 aromatic rings. The van der Waals surface area contributed by atoms with E-state index < -0.39 is 5.91 Å². The first kappa shape index (κ1) is 14.0. The van der Waals surface area contributed by atoms with E-state index in [0.29, 0.717) is 12.3 Å². The van der Waals surface area contributed by atoms with Crippen LogP contribution in [0.25, 0.3) is 0 Å². The summed E-state index contributed by atoms with van der Waals surface area (Å²) in [5.74, 6) is -0.361. The number of rotatable bonds is 6. The molecule has 18 heavy (non-hydrogen) atoms. The summed E-state index contributed by atoms with van der Waals surface area (Å²) >= 11 is 0. The van der Waals surface area contributed by atoms with Crippen molar-refractivity contribution in [3.05, 3.63) is 24.2 Å². The Hall–Kier alpha value is -2.11. The van der Waals surface area contributed by atoms with Crippen LogP contribution in [0.4, 0.5) is 0 Å². The molecule has 6 nitrogen and oxygen atoms in total. The number of nitrogens with one attached hydrogen (secondary N) is 2. The summed E-state index contributed by atoms with van der Waals surface area (Å²) in [6.45, 7) is 4.30. The predicted molar refractivity (Wildman–Crippen MR) is 67.2 cm³/mol. The van der Waals surface area contributed by atoms with Crippen LogP contribution in [0.15, 0.2) is 27.9 Å². The number of carbonyl (C=O) groups is 2. The molecule has 98 valence electrons. The summed E-state index contributed by atoms with van der Waals surface area (Å²) < 4.78 is 4.90. The highest BCUT2D eigenvalue weighted by Crippen LogP contribution is 1.99. The van der Waals surface area contributed by atoms with E-state index in [1.54, 1.807) is 13.0 Å². The zero-order valence-corrected chi connectivity index (χ0v) is 10.5. The number of furan rings is 1. The number of nitrogens with zero attached hydrogens (tertiary/aromatic N) is 1. The molecule has 0 aliphatic heterocycles. The molecule has 0 aliphatic carbocycles. The Morgan fingerprint density at radius 1 is 1.44 bits per heavy atom. The summed E-state index contributed by atoms with van der Waals surface area (Å²) in [5, 5.41) is 6.55. The van der Waals surface area contributed by atoms with Gasteiger partial charge in [0.2, 0.25) is 5.91 Å². The molecule has 0 saturated carbocycles. The summed E-state index contributed by atoms with van der Waals surface area (Å²) in [4.78, 5) is 22.8. The van der Waals surface area contributed by atoms with Crippen LogP contribution in [0.3, 0.4) is 0 Å². The highest BCUT2D eigenvalue weighted by molar-refractivity contribution is 6.00. The minimum absolute atomic E-state index is 0.106. The lowest BCUT2D eigenvalue weighted by Crippen LogP contribution is -2.27. The number of hydrogen-bond acceptors (Lipinski definition) is 4. The molecule has 0 atom stereocenters. The summed E-state index contributed by atoms with van der Waals surface area (Å²) in [6, 6.07) is 3.15. The summed E-state index contributed by atoms with van der Waals surface area (Å²) in [5.41, 5.74) is 2.85. The third kappa shape index (κ3) is 4.82. The maximum absolute atomic E-state index is 11.5. The molecule has 1 aromatic heterocycles. The Labute approximate surface area is 105 Å². The van der Waals surface area contributed by atoms with Gasteiger partial charge in [0.15, 0.2) is 5.76 Å². The summed E-state index contributed by atoms with van der Waals surface area (Å²) in [6.07, 6.45) is 2.46. The first-order valence-corrected chi connectivity index (χ1v) is 5.77. The Bertz CT molecular complexity index is 424. The molecule has 0 fully saturated rings. The van der Waals surface area contributed by atoms with Crippen molar-refractivity contribution < 1.29 is 14.0 Å². The normalized spacial score (nSPS) is 11.1. The molecule has 1 heterocycles. The molecule has 0 spiro atoms. The molecule has 0 aromatic carbocycles. The van der Waals surface area contributed by atoms with Crippen molar-refractivity contribution in [1.82, 2.24) is 10.7 Å². The van der Waals surface area contributed by atoms with Gasteiger partial charge in [-0.1, -0.05) is 6.92 Å². The van der Waals surface area contributed by atoms with E-state index in [2.05, 4.69) is 15.8 Å². The fraction of sp³-hybridized carbons (Fsp3) is 0.417. The van der Waals surface area contributed by atoms with Crippen LogP contribution < -0.4 is 10.7 Å². The Kier molecular flexibility index (Phi) is 5.63. The molecule has 0 aliphatic rings. The maximum atomic E-state index is 11.5. The second-order valence-corrected chi connectivity index (χ2v) is 3.79. The Balaban J connectivity index is 2.37. The van der Waals surface area contributed by atoms with E-state index in [-0.39, 0.29) is 18.1 Å². The van der Waals surface area contributed by atoms with E-state index in [1.807, 2.05) is 6.92 Å². The third-order valence-corrected chi connectivity index (χ3v) is 2.08. The molecule has 0 saturated heterocycles. The van der Waals surface area contributed by atoms with Crippen LogP contribution in [0.1, 0.15) is 37.2 Å². The fourth-order valence-corrected chi connectivity index (χ4v) is 1.21. The lowest BCUT2D eigenvalue weighted by molar-refractivity contribution is -0.119. The van der Waals surface area contributed by atoms with E-state index in [4.69, 9.17) is 4.42 Å². The van der Waals surface area contributed by atoms with Crippen LogP contribution in [0.5, 0.6) is 0 Å². The van der Waals surface area contributed by atoms with Gasteiger partial charge in [0.25, 0.3) is 0 Å². The van der Waals surface area contributed by atoms with Crippen LogP contribution in [0.2, 0.25) is 0 Å². The number of carbonyl (C=O) groups excluding carboxylic acids is 2. The van der Waals surface area contributed by atoms with Crippen molar-refractivity contribution in [2.45, 2.75) is 26.7 Å². The van der Waals surface area contributed by atoms with Crippen LogP contribution in [-0.4, -0.2) is 24.1 Å². The maximum Gasteiger partial charge on any atom is 0.307 e. The smallest absolute Gasteiger partial charge is 0.307 e. The van der Waals surface area contributed by atoms with Gasteiger partial charge in [0, 0.05) is 12.3 Å². The van der Waals surface area contributed by atoms with Crippen molar-refractivity contribution in [3.8, 4) is 0 Å². The van der Waals surface area contributed by atoms with Crippen LogP contribution in [-0.2, 0) is 4.79 Å². The zero-order valence-electron chi connectivity index (χ0n) is 10.5. The Morgan fingerprint density at radius 2 is 2.22 bits per heavy atom. The summed E-state index contributed by atoms with van der Waals surface area (Å²) in [7, 11) is 0. The third-order valence-electron chi connectivity index (χ3n) is 2.08. The number of hydrazone groups is 1. The second kappa shape index (κ2) is 7.26. The quantitative estimate of drug-likeness (QED) is 0.590. The van der Waals surface area contributed by atoms with E-state index in [0.717, 1.165) is 6.42 Å². The van der Waals surface area contributed by atoms with Gasteiger partial charge in [-0.05, 0) is 25.5 Å². The van der Waals surface area contributed by atoms with E-state index >= 15 is 0 Å². The highest BCUT2D eigenvalue weighted by Gasteiger charge is 2.07. The average Bonchev–Trinajstić information content (AvgIpc) is 2.87. The monoisotopic (exact) mass is 251 g/mol. The molecule has 0 unspecified atom stereocenters. The van der Waals surface area contributed by atoms with Gasteiger partial charge in [-0.15, -0.1) is 0 Å². The van der Waals surface area contributed by atoms with Crippen molar-refractivity contribution in [2.24, 2.45) is 5.10 Å². The van der Waals surface area contributed by atoms with Gasteiger partial charge in [-0.25, -0.2) is 5.43 Å². The van der Waals surface area contributed by atoms with Gasteiger partial charge in [-0.3, -0.25) is 9.59 Å². The van der Waals surface area contributed by atoms with Crippen molar-refractivity contribution in [1.29, 1.82) is 0 Å². The standard InChI is InChI=1S/C12H17N3O3/c1-3-6-13-11(16)8-9(2)14-15-12(17)10-5-4-7-18-10/h4-5,7H,3,6,8H2,1-2H3,(H,13,16)(H,15,17)/b14-9-. The molecular weight excluding hydrogens is 234 g/mol. The minimum Gasteiger partial charge on any atom is -0.459 e. The van der Waals surface area contributed by atoms with Crippen LogP contribution >= 0.6 is 0 Å². The topological polar surface area (TPSA) is 83.7 Å². The van der Waals surface area contributed by atoms with Gasteiger partial charge in [-0.2, -0.15) is 5.10 Å². The van der Waals surface area contributed by atoms with Gasteiger partial charge < -0.3 is 9.73 Å². The van der Waals surface area contributed by atoms with Gasteiger partial charge in [0.1, 0.15) is 0 Å². The number of amides is 2. The highest BCUT2D eigenvalue weighted by atomic mass is 16.3. The minimum atomic E-state index is -0.437. The molecule has 2 N–H and O–H groups in total.